The van der Waals surface area contributed by atoms with E-state index >= 15 is 0 Å². The molecule has 2 aromatic heterocycles. The van der Waals surface area contributed by atoms with Crippen molar-refractivity contribution in [3.8, 4) is 17.3 Å². The van der Waals surface area contributed by atoms with Gasteiger partial charge >= 0.3 is 0 Å². The molecule has 38 heavy (non-hydrogen) atoms. The lowest BCUT2D eigenvalue weighted by Crippen LogP contribution is -2.30. The fourth-order valence-electron chi connectivity index (χ4n) is 4.76. The molecule has 11 heteroatoms. The largest absolute Gasteiger partial charge is 0.480 e. The van der Waals surface area contributed by atoms with Crippen LogP contribution in [-0.2, 0) is 4.79 Å². The molecule has 196 valence electrons. The molecule has 0 bridgehead atoms. The molecule has 0 saturated carbocycles. The van der Waals surface area contributed by atoms with Gasteiger partial charge < -0.3 is 14.2 Å². The van der Waals surface area contributed by atoms with Crippen LogP contribution < -0.4 is 9.64 Å². The quantitative estimate of drug-likeness (QED) is 0.416. The normalized spacial score (nSPS) is 17.1. The summed E-state index contributed by atoms with van der Waals surface area (Å²) in [5.74, 6) is 0.879. The number of carbonyl (C=O) groups is 2. The van der Waals surface area contributed by atoms with Crippen LogP contribution in [0.4, 0.5) is 5.95 Å². The fraction of sp³-hybridized carbons (Fsp3) is 0.296. The summed E-state index contributed by atoms with van der Waals surface area (Å²) in [5, 5.41) is 0.668. The van der Waals surface area contributed by atoms with E-state index in [1.54, 1.807) is 34.2 Å². The molecule has 0 saturated heterocycles. The number of benzene rings is 1. The summed E-state index contributed by atoms with van der Waals surface area (Å²) in [7, 11) is 5.23. The van der Waals surface area contributed by atoms with E-state index in [0.29, 0.717) is 45.3 Å². The number of Topliss-reactive ketones (excluding diaryl/α,β-unsaturated/α-hetero) is 1. The monoisotopic (exact) mass is 552 g/mol. The third-order valence-corrected chi connectivity index (χ3v) is 7.05. The van der Waals surface area contributed by atoms with Crippen LogP contribution in [0.2, 0.25) is 5.02 Å². The number of amides is 1. The molecule has 9 nitrogen and oxygen atoms in total. The molecule has 0 fully saturated rings. The van der Waals surface area contributed by atoms with E-state index in [-0.39, 0.29) is 29.2 Å². The van der Waals surface area contributed by atoms with E-state index in [4.69, 9.17) is 32.9 Å². The Morgan fingerprint density at radius 3 is 2.42 bits per heavy atom. The van der Waals surface area contributed by atoms with Crippen LogP contribution in [0.5, 0.6) is 5.88 Å². The smallest absolute Gasteiger partial charge is 0.279 e. The number of rotatable bonds is 6. The Morgan fingerprint density at radius 2 is 1.82 bits per heavy atom. The molecule has 5 rings (SSSR count). The molecule has 1 unspecified atom stereocenters. The maximum Gasteiger partial charge on any atom is 0.279 e. The summed E-state index contributed by atoms with van der Waals surface area (Å²) in [6.45, 7) is 4.04. The lowest BCUT2D eigenvalue weighted by molar-refractivity contribution is -0.114. The van der Waals surface area contributed by atoms with Crippen molar-refractivity contribution in [2.24, 2.45) is 0 Å². The SMILES string of the molecule is COc1nc(N(C)C)ncc1-c1nc2c(n1C(C)C)C(c1ccc(Cl)cc1)N(C1=CCC(=O)C(Cl)=C1)C2=O. The highest BCUT2D eigenvalue weighted by atomic mass is 35.5. The summed E-state index contributed by atoms with van der Waals surface area (Å²) >= 11 is 12.4. The van der Waals surface area contributed by atoms with Crippen molar-refractivity contribution >= 4 is 40.8 Å². The van der Waals surface area contributed by atoms with Gasteiger partial charge in [-0.05, 0) is 37.6 Å². The van der Waals surface area contributed by atoms with E-state index in [9.17, 15) is 9.59 Å². The highest BCUT2D eigenvalue weighted by Gasteiger charge is 2.45. The Bertz CT molecular complexity index is 1510. The van der Waals surface area contributed by atoms with Gasteiger partial charge in [-0.3, -0.25) is 14.5 Å². The number of nitrogens with zero attached hydrogens (tertiary/aromatic N) is 6. The number of halogens is 2. The number of hydrogen-bond donors (Lipinski definition) is 0. The van der Waals surface area contributed by atoms with Crippen LogP contribution in [-0.4, -0.2) is 57.3 Å². The zero-order valence-electron chi connectivity index (χ0n) is 21.6. The number of fused-ring (bicyclic) bond motifs is 1. The van der Waals surface area contributed by atoms with Crippen molar-refractivity contribution in [3.63, 3.8) is 0 Å². The van der Waals surface area contributed by atoms with E-state index in [2.05, 4.69) is 9.97 Å². The molecule has 1 aromatic carbocycles. The highest BCUT2D eigenvalue weighted by Crippen LogP contribution is 2.46. The number of anilines is 1. The molecule has 2 aliphatic rings. The fourth-order valence-corrected chi connectivity index (χ4v) is 5.08. The Balaban J connectivity index is 1.74. The van der Waals surface area contributed by atoms with Crippen molar-refractivity contribution in [1.82, 2.24) is 24.4 Å². The van der Waals surface area contributed by atoms with Gasteiger partial charge in [0.1, 0.15) is 11.9 Å². The minimum absolute atomic E-state index is 0.0805. The molecule has 1 aliphatic heterocycles. The molecule has 1 aliphatic carbocycles. The number of imidazole rings is 1. The third kappa shape index (κ3) is 4.25. The number of ketones is 1. The van der Waals surface area contributed by atoms with Crippen molar-refractivity contribution < 1.29 is 14.3 Å². The first-order valence-electron chi connectivity index (χ1n) is 12.0. The first kappa shape index (κ1) is 25.9. The van der Waals surface area contributed by atoms with Crippen LogP contribution in [0.1, 0.15) is 54.1 Å². The van der Waals surface area contributed by atoms with Crippen LogP contribution in [0.3, 0.4) is 0 Å². The van der Waals surface area contributed by atoms with Gasteiger partial charge in [0.2, 0.25) is 11.8 Å². The average molecular weight is 553 g/mol. The third-order valence-electron chi connectivity index (χ3n) is 6.48. The van der Waals surface area contributed by atoms with Gasteiger partial charge in [0.05, 0.1) is 23.4 Å². The van der Waals surface area contributed by atoms with Gasteiger partial charge in [0.25, 0.3) is 5.91 Å². The zero-order valence-corrected chi connectivity index (χ0v) is 23.1. The van der Waals surface area contributed by atoms with E-state index < -0.39 is 6.04 Å². The van der Waals surface area contributed by atoms with Crippen molar-refractivity contribution in [1.29, 1.82) is 0 Å². The Hall–Kier alpha value is -3.69. The second-order valence-electron chi connectivity index (χ2n) is 9.50. The van der Waals surface area contributed by atoms with Gasteiger partial charge in [-0.1, -0.05) is 41.4 Å². The van der Waals surface area contributed by atoms with Crippen LogP contribution in [0, 0.1) is 0 Å². The van der Waals surface area contributed by atoms with Crippen molar-refractivity contribution in [2.45, 2.75) is 32.4 Å². The summed E-state index contributed by atoms with van der Waals surface area (Å²) < 4.78 is 7.63. The van der Waals surface area contributed by atoms with Crippen LogP contribution >= 0.6 is 23.2 Å². The van der Waals surface area contributed by atoms with Crippen LogP contribution in [0.25, 0.3) is 11.4 Å². The van der Waals surface area contributed by atoms with Gasteiger partial charge in [0.15, 0.2) is 11.5 Å². The van der Waals surface area contributed by atoms with Crippen molar-refractivity contribution in [3.05, 3.63) is 75.3 Å². The molecule has 0 spiro atoms. The van der Waals surface area contributed by atoms with E-state index in [1.807, 2.05) is 44.6 Å². The minimum Gasteiger partial charge on any atom is -0.480 e. The first-order chi connectivity index (χ1) is 18.1. The topological polar surface area (TPSA) is 93.4 Å². The lowest BCUT2D eigenvalue weighted by atomic mass is 10.0. The lowest BCUT2D eigenvalue weighted by Gasteiger charge is -2.30. The second-order valence-corrected chi connectivity index (χ2v) is 10.3. The molecule has 0 radical (unpaired) electrons. The predicted octanol–water partition coefficient (Wildman–Crippen LogP) is 5.17. The van der Waals surface area contributed by atoms with Gasteiger partial charge in [0, 0.05) is 43.5 Å². The predicted molar refractivity (Wildman–Crippen MR) is 146 cm³/mol. The standard InChI is InChI=1S/C27H26Cl2N6O3/c1-14(2)34-23-21(31-24(34)18-13-30-27(33(3)4)32-25(18)38-5)26(37)35(17-10-11-20(36)19(29)12-17)22(23)15-6-8-16(28)9-7-15/h6-10,12-14,22H,11H2,1-5H3. The van der Waals surface area contributed by atoms with E-state index in [1.165, 1.54) is 13.2 Å². The molecule has 1 atom stereocenters. The van der Waals surface area contributed by atoms with Gasteiger partial charge in [-0.2, -0.15) is 4.98 Å². The van der Waals surface area contributed by atoms with Crippen LogP contribution in [0.15, 0.2) is 53.3 Å². The van der Waals surface area contributed by atoms with Crippen molar-refractivity contribution in [2.75, 3.05) is 26.1 Å². The number of methoxy groups -OCH3 is 1. The molecule has 3 heterocycles. The highest BCUT2D eigenvalue weighted by molar-refractivity contribution is 6.43. The second kappa shape index (κ2) is 9.89. The maximum absolute atomic E-state index is 14.0. The molecule has 1 amide bonds. The maximum atomic E-state index is 14.0. The summed E-state index contributed by atoms with van der Waals surface area (Å²) in [4.78, 5) is 43.3. The summed E-state index contributed by atoms with van der Waals surface area (Å²) in [6, 6.07) is 6.72. The summed E-state index contributed by atoms with van der Waals surface area (Å²) in [5.41, 5.74) is 2.97. The number of ether oxygens (including phenoxy) is 1. The zero-order chi connectivity index (χ0) is 27.3. The Labute approximate surface area is 230 Å². The Morgan fingerprint density at radius 1 is 1.11 bits per heavy atom. The minimum atomic E-state index is -0.536. The molecule has 3 aromatic rings. The van der Waals surface area contributed by atoms with Gasteiger partial charge in [-0.15, -0.1) is 0 Å². The van der Waals surface area contributed by atoms with Gasteiger partial charge in [-0.25, -0.2) is 9.97 Å². The average Bonchev–Trinajstić information content (AvgIpc) is 3.41. The van der Waals surface area contributed by atoms with E-state index in [0.717, 1.165) is 5.56 Å². The molecular weight excluding hydrogens is 527 g/mol. The Kier molecular flexibility index (Phi) is 6.75. The number of hydrogen-bond acceptors (Lipinski definition) is 7. The number of carbonyl (C=O) groups excluding carboxylic acids is 2. The summed E-state index contributed by atoms with van der Waals surface area (Å²) in [6.07, 6.45) is 5.03. The first-order valence-corrected chi connectivity index (χ1v) is 12.8. The number of allylic oxidation sites excluding steroid dienone is 3. The molecular formula is C27H26Cl2N6O3. The molecule has 0 N–H and O–H groups in total. The number of aromatic nitrogens is 4.